The van der Waals surface area contributed by atoms with Crippen LogP contribution < -0.4 is 16.0 Å². The van der Waals surface area contributed by atoms with Crippen molar-refractivity contribution in [3.05, 3.63) is 35.9 Å². The minimum Gasteiger partial charge on any atom is -0.444 e. The summed E-state index contributed by atoms with van der Waals surface area (Å²) in [6.07, 6.45) is -0.640. The van der Waals surface area contributed by atoms with Gasteiger partial charge in [0.15, 0.2) is 0 Å². The number of hydrogen-bond donors (Lipinski definition) is 3. The molecule has 1 aromatic carbocycles. The Morgan fingerprint density at radius 3 is 1.89 bits per heavy atom. The second kappa shape index (κ2) is 12.6. The molecule has 0 radical (unpaired) electrons. The van der Waals surface area contributed by atoms with Crippen molar-refractivity contribution in [3.63, 3.8) is 0 Å². The predicted molar refractivity (Wildman–Crippen MR) is 139 cm³/mol. The number of alkyl carbamates (subject to hydrolysis) is 2. The van der Waals surface area contributed by atoms with E-state index in [-0.39, 0.29) is 24.3 Å². The van der Waals surface area contributed by atoms with Crippen molar-refractivity contribution in [2.75, 3.05) is 26.2 Å². The third-order valence-corrected chi connectivity index (χ3v) is 5.86. The maximum atomic E-state index is 11.9. The lowest BCUT2D eigenvalue weighted by molar-refractivity contribution is 0.0486. The van der Waals surface area contributed by atoms with E-state index in [0.29, 0.717) is 11.8 Å². The van der Waals surface area contributed by atoms with Crippen LogP contribution in [0.3, 0.4) is 0 Å². The molecular weight excluding hydrogens is 444 g/mol. The second-order valence-electron chi connectivity index (χ2n) is 11.8. The van der Waals surface area contributed by atoms with Gasteiger partial charge in [-0.15, -0.1) is 0 Å². The molecule has 0 saturated carbocycles. The molecule has 3 rings (SSSR count). The molecule has 0 bridgehead atoms. The van der Waals surface area contributed by atoms with Gasteiger partial charge in [0.1, 0.15) is 11.2 Å². The lowest BCUT2D eigenvalue weighted by atomic mass is 10.1. The number of amides is 2. The summed E-state index contributed by atoms with van der Waals surface area (Å²) in [5.41, 5.74) is 0.442. The van der Waals surface area contributed by atoms with Crippen LogP contribution in [0, 0.1) is 11.8 Å². The van der Waals surface area contributed by atoms with Gasteiger partial charge in [-0.3, -0.25) is 4.90 Å². The highest BCUT2D eigenvalue weighted by molar-refractivity contribution is 5.68. The molecule has 35 heavy (non-hydrogen) atoms. The molecule has 8 heteroatoms. The summed E-state index contributed by atoms with van der Waals surface area (Å²) in [6.45, 7) is 20.1. The summed E-state index contributed by atoms with van der Waals surface area (Å²) in [5.74, 6) is 0.906. The second-order valence-corrected chi connectivity index (χ2v) is 11.8. The molecule has 2 aliphatic rings. The Morgan fingerprint density at radius 2 is 1.40 bits per heavy atom. The zero-order chi connectivity index (χ0) is 26.2. The van der Waals surface area contributed by atoms with E-state index < -0.39 is 11.2 Å². The van der Waals surface area contributed by atoms with Crippen LogP contribution >= 0.6 is 0 Å². The normalized spacial score (nSPS) is 24.8. The quantitative estimate of drug-likeness (QED) is 0.587. The van der Waals surface area contributed by atoms with Gasteiger partial charge in [0, 0.05) is 38.3 Å². The van der Waals surface area contributed by atoms with Crippen LogP contribution in [0.25, 0.3) is 0 Å². The third kappa shape index (κ3) is 11.3. The molecule has 0 spiro atoms. The van der Waals surface area contributed by atoms with Crippen LogP contribution in [-0.4, -0.2) is 66.6 Å². The number of nitrogens with zero attached hydrogens (tertiary/aromatic N) is 1. The Labute approximate surface area is 211 Å². The van der Waals surface area contributed by atoms with Gasteiger partial charge in [-0.1, -0.05) is 44.2 Å². The smallest absolute Gasteiger partial charge is 0.407 e. The average Bonchev–Trinajstić information content (AvgIpc) is 3.25. The molecule has 2 fully saturated rings. The molecule has 0 unspecified atom stereocenters. The van der Waals surface area contributed by atoms with Gasteiger partial charge >= 0.3 is 12.2 Å². The Kier molecular flexibility index (Phi) is 10.4. The van der Waals surface area contributed by atoms with Crippen molar-refractivity contribution in [1.29, 1.82) is 0 Å². The van der Waals surface area contributed by atoms with Gasteiger partial charge in [0.25, 0.3) is 0 Å². The Morgan fingerprint density at radius 1 is 0.857 bits per heavy atom. The summed E-state index contributed by atoms with van der Waals surface area (Å²) in [4.78, 5) is 25.6. The average molecular weight is 491 g/mol. The van der Waals surface area contributed by atoms with Gasteiger partial charge < -0.3 is 25.4 Å². The maximum absolute atomic E-state index is 11.9. The molecule has 8 nitrogen and oxygen atoms in total. The monoisotopic (exact) mass is 490 g/mol. The van der Waals surface area contributed by atoms with Crippen molar-refractivity contribution in [3.8, 4) is 0 Å². The molecule has 0 aliphatic carbocycles. The Balaban J connectivity index is 0.000000269. The minimum absolute atomic E-state index is 0.156. The van der Waals surface area contributed by atoms with Crippen LogP contribution in [0.4, 0.5) is 9.59 Å². The molecular formula is C27H46N4O4. The summed E-state index contributed by atoms with van der Waals surface area (Å²) >= 11 is 0. The van der Waals surface area contributed by atoms with Crippen molar-refractivity contribution in [1.82, 2.24) is 20.9 Å². The Bertz CT molecular complexity index is 804. The van der Waals surface area contributed by atoms with Gasteiger partial charge in [-0.05, 0) is 65.5 Å². The highest BCUT2D eigenvalue weighted by Crippen LogP contribution is 2.19. The van der Waals surface area contributed by atoms with Gasteiger partial charge in [0.05, 0.1) is 0 Å². The zero-order valence-electron chi connectivity index (χ0n) is 22.8. The first-order valence-electron chi connectivity index (χ1n) is 12.7. The molecule has 2 aliphatic heterocycles. The molecule has 0 aromatic heterocycles. The van der Waals surface area contributed by atoms with Crippen LogP contribution in [-0.2, 0) is 16.0 Å². The lowest BCUT2D eigenvalue weighted by Crippen LogP contribution is -2.42. The van der Waals surface area contributed by atoms with E-state index in [1.54, 1.807) is 0 Å². The standard InChI is InChI=1S/C17H26N2O2.C10H20N2O2/c1-13-10-19(11-14-8-6-5-7-9-14)12-15(13)18-16(20)21-17(2,3)4;1-7-5-11-6-8(7)12-9(13)14-10(2,3)4/h5-9,13,15H,10-12H2,1-4H3,(H,18,20);7-8,11H,5-6H2,1-4H3,(H,12,13)/t13-,15+;7-,8+/m11/s1. The number of likely N-dealkylation sites (tertiary alicyclic amines) is 1. The Hall–Kier alpha value is -2.32. The van der Waals surface area contributed by atoms with E-state index in [4.69, 9.17) is 9.47 Å². The van der Waals surface area contributed by atoms with E-state index in [2.05, 4.69) is 59.0 Å². The van der Waals surface area contributed by atoms with Crippen LogP contribution in [0.2, 0.25) is 0 Å². The van der Waals surface area contributed by atoms with Crippen molar-refractivity contribution >= 4 is 12.2 Å². The number of carbonyl (C=O) groups excluding carboxylic acids is 2. The lowest BCUT2D eigenvalue weighted by Gasteiger charge is -2.23. The predicted octanol–water partition coefficient (Wildman–Crippen LogP) is 4.15. The number of hydrogen-bond acceptors (Lipinski definition) is 6. The number of ether oxygens (including phenoxy) is 2. The third-order valence-electron chi connectivity index (χ3n) is 5.86. The van der Waals surface area contributed by atoms with Crippen molar-refractivity contribution < 1.29 is 19.1 Å². The first-order valence-corrected chi connectivity index (χ1v) is 12.7. The first-order chi connectivity index (χ1) is 16.2. The molecule has 1 aromatic rings. The fourth-order valence-corrected chi connectivity index (χ4v) is 4.15. The SMILES string of the molecule is C[C@@H]1CN(Cc2ccccc2)C[C@@H]1NC(=O)OC(C)(C)C.C[C@@H]1CNC[C@@H]1NC(=O)OC(C)(C)C. The highest BCUT2D eigenvalue weighted by atomic mass is 16.6. The van der Waals surface area contributed by atoms with Crippen LogP contribution in [0.1, 0.15) is 61.0 Å². The van der Waals surface area contributed by atoms with E-state index in [1.807, 2.05) is 47.6 Å². The fourth-order valence-electron chi connectivity index (χ4n) is 4.15. The van der Waals surface area contributed by atoms with E-state index >= 15 is 0 Å². The maximum Gasteiger partial charge on any atom is 0.407 e. The van der Waals surface area contributed by atoms with Gasteiger partial charge in [0.2, 0.25) is 0 Å². The number of carbonyl (C=O) groups is 2. The van der Waals surface area contributed by atoms with Gasteiger partial charge in [-0.2, -0.15) is 0 Å². The van der Waals surface area contributed by atoms with Crippen LogP contribution in [0.5, 0.6) is 0 Å². The highest BCUT2D eigenvalue weighted by Gasteiger charge is 2.32. The summed E-state index contributed by atoms with van der Waals surface area (Å²) in [5, 5.41) is 9.08. The summed E-state index contributed by atoms with van der Waals surface area (Å²) < 4.78 is 10.5. The molecule has 3 N–H and O–H groups in total. The summed E-state index contributed by atoms with van der Waals surface area (Å²) in [6, 6.07) is 10.8. The number of benzene rings is 1. The molecule has 198 valence electrons. The first kappa shape index (κ1) is 28.9. The largest absolute Gasteiger partial charge is 0.444 e. The molecule has 2 saturated heterocycles. The van der Waals surface area contributed by atoms with Crippen molar-refractivity contribution in [2.45, 2.75) is 85.2 Å². The van der Waals surface area contributed by atoms with E-state index in [9.17, 15) is 9.59 Å². The number of nitrogens with one attached hydrogen (secondary N) is 3. The van der Waals surface area contributed by atoms with Crippen molar-refractivity contribution in [2.24, 2.45) is 11.8 Å². The van der Waals surface area contributed by atoms with E-state index in [1.165, 1.54) is 5.56 Å². The van der Waals surface area contributed by atoms with Crippen LogP contribution in [0.15, 0.2) is 30.3 Å². The molecule has 4 atom stereocenters. The fraction of sp³-hybridized carbons (Fsp3) is 0.704. The minimum atomic E-state index is -0.449. The molecule has 2 amide bonds. The molecule has 2 heterocycles. The van der Waals surface area contributed by atoms with E-state index in [0.717, 1.165) is 32.7 Å². The summed E-state index contributed by atoms with van der Waals surface area (Å²) in [7, 11) is 0. The van der Waals surface area contributed by atoms with Gasteiger partial charge in [-0.25, -0.2) is 9.59 Å². The topological polar surface area (TPSA) is 91.9 Å². The zero-order valence-corrected chi connectivity index (χ0v) is 22.8. The number of rotatable bonds is 4.